The number of hydrogen-bond donors (Lipinski definition) is 1. The Morgan fingerprint density at radius 1 is 1.10 bits per heavy atom. The molecule has 0 amide bonds. The van der Waals surface area contributed by atoms with Gasteiger partial charge >= 0.3 is 0 Å². The molecule has 0 bridgehead atoms. The van der Waals surface area contributed by atoms with Gasteiger partial charge in [-0.2, -0.15) is 0 Å². The van der Waals surface area contributed by atoms with E-state index in [2.05, 4.69) is 0 Å². The van der Waals surface area contributed by atoms with Crippen LogP contribution in [0.15, 0.2) is 54.1 Å². The van der Waals surface area contributed by atoms with E-state index in [1.807, 2.05) is 36.4 Å². The standard InChI is InChI=1S/C18H16O3/c1-18(20)15-6-4-3-5-14(15)17(19)16(18)11-12-7-9-13(21-2)10-8-12/h3-11,20H,1-2H3/b16-11+. The van der Waals surface area contributed by atoms with Crippen LogP contribution >= 0.6 is 0 Å². The molecule has 3 nitrogen and oxygen atoms in total. The Morgan fingerprint density at radius 3 is 2.38 bits per heavy atom. The second-order valence-corrected chi connectivity index (χ2v) is 5.28. The van der Waals surface area contributed by atoms with Gasteiger partial charge in [-0.05, 0) is 36.3 Å². The molecule has 0 saturated heterocycles. The lowest BCUT2D eigenvalue weighted by Crippen LogP contribution is -2.20. The van der Waals surface area contributed by atoms with Crippen molar-refractivity contribution in [3.63, 3.8) is 0 Å². The predicted octanol–water partition coefficient (Wildman–Crippen LogP) is 3.18. The maximum Gasteiger partial charge on any atom is 0.192 e. The summed E-state index contributed by atoms with van der Waals surface area (Å²) in [4.78, 5) is 12.5. The van der Waals surface area contributed by atoms with Crippen molar-refractivity contribution >= 4 is 11.9 Å². The molecule has 1 aliphatic carbocycles. The second-order valence-electron chi connectivity index (χ2n) is 5.28. The number of fused-ring (bicyclic) bond motifs is 1. The predicted molar refractivity (Wildman–Crippen MR) is 81.3 cm³/mol. The Bertz CT molecular complexity index is 724. The van der Waals surface area contributed by atoms with E-state index in [0.29, 0.717) is 16.7 Å². The third-order valence-electron chi connectivity index (χ3n) is 3.89. The number of ether oxygens (including phenoxy) is 1. The van der Waals surface area contributed by atoms with Crippen molar-refractivity contribution in [3.8, 4) is 5.75 Å². The molecule has 21 heavy (non-hydrogen) atoms. The number of rotatable bonds is 2. The molecule has 0 radical (unpaired) electrons. The third kappa shape index (κ3) is 2.16. The quantitative estimate of drug-likeness (QED) is 0.859. The minimum absolute atomic E-state index is 0.119. The van der Waals surface area contributed by atoms with Crippen LogP contribution < -0.4 is 4.74 Å². The number of carbonyl (C=O) groups excluding carboxylic acids is 1. The molecule has 106 valence electrons. The van der Waals surface area contributed by atoms with Crippen LogP contribution in [0.4, 0.5) is 0 Å². The van der Waals surface area contributed by atoms with E-state index < -0.39 is 5.60 Å². The first-order valence-electron chi connectivity index (χ1n) is 6.77. The van der Waals surface area contributed by atoms with Crippen molar-refractivity contribution < 1.29 is 14.6 Å². The first-order chi connectivity index (χ1) is 10.0. The summed E-state index contributed by atoms with van der Waals surface area (Å²) >= 11 is 0. The molecule has 3 rings (SSSR count). The Balaban J connectivity index is 2.06. The summed E-state index contributed by atoms with van der Waals surface area (Å²) in [6, 6.07) is 14.6. The Labute approximate surface area is 123 Å². The van der Waals surface area contributed by atoms with E-state index in [-0.39, 0.29) is 5.78 Å². The fourth-order valence-corrected chi connectivity index (χ4v) is 2.69. The Hall–Kier alpha value is -2.39. The average molecular weight is 280 g/mol. The Kier molecular flexibility index (Phi) is 3.15. The lowest BCUT2D eigenvalue weighted by atomic mass is 9.93. The molecule has 2 aromatic rings. The number of methoxy groups -OCH3 is 1. The summed E-state index contributed by atoms with van der Waals surface area (Å²) in [6.07, 6.45) is 1.74. The van der Waals surface area contributed by atoms with E-state index in [1.165, 1.54) is 0 Å². The third-order valence-corrected chi connectivity index (χ3v) is 3.89. The maximum absolute atomic E-state index is 12.5. The van der Waals surface area contributed by atoms with Gasteiger partial charge in [-0.25, -0.2) is 0 Å². The van der Waals surface area contributed by atoms with Crippen molar-refractivity contribution in [3.05, 3.63) is 70.8 Å². The van der Waals surface area contributed by atoms with Crippen LogP contribution in [0.3, 0.4) is 0 Å². The number of Topliss-reactive ketones (excluding diaryl/α,β-unsaturated/α-hetero) is 1. The lowest BCUT2D eigenvalue weighted by Gasteiger charge is -2.19. The summed E-state index contributed by atoms with van der Waals surface area (Å²) in [7, 11) is 1.61. The van der Waals surface area contributed by atoms with Gasteiger partial charge in [-0.15, -0.1) is 0 Å². The van der Waals surface area contributed by atoms with Crippen LogP contribution in [0.25, 0.3) is 6.08 Å². The molecular weight excluding hydrogens is 264 g/mol. The van der Waals surface area contributed by atoms with Crippen molar-refractivity contribution in [1.29, 1.82) is 0 Å². The number of carbonyl (C=O) groups is 1. The van der Waals surface area contributed by atoms with Gasteiger partial charge in [0.15, 0.2) is 5.78 Å². The molecule has 3 heteroatoms. The monoisotopic (exact) mass is 280 g/mol. The normalized spacial score (nSPS) is 22.4. The molecule has 0 heterocycles. The minimum Gasteiger partial charge on any atom is -0.497 e. The number of hydrogen-bond acceptors (Lipinski definition) is 3. The first kappa shape index (κ1) is 13.6. The van der Waals surface area contributed by atoms with Gasteiger partial charge in [0, 0.05) is 11.1 Å². The molecular formula is C18H16O3. The van der Waals surface area contributed by atoms with Gasteiger partial charge < -0.3 is 9.84 Å². The Morgan fingerprint density at radius 2 is 1.76 bits per heavy atom. The van der Waals surface area contributed by atoms with Gasteiger partial charge in [-0.1, -0.05) is 36.4 Å². The van der Waals surface area contributed by atoms with Gasteiger partial charge in [0.1, 0.15) is 11.4 Å². The van der Waals surface area contributed by atoms with Gasteiger partial charge in [0.25, 0.3) is 0 Å². The van der Waals surface area contributed by atoms with E-state index in [9.17, 15) is 9.90 Å². The van der Waals surface area contributed by atoms with Crippen LogP contribution in [-0.2, 0) is 5.60 Å². The summed E-state index contributed by atoms with van der Waals surface area (Å²) in [5.74, 6) is 0.636. The summed E-state index contributed by atoms with van der Waals surface area (Å²) in [6.45, 7) is 1.66. The zero-order valence-electron chi connectivity index (χ0n) is 12.0. The molecule has 0 fully saturated rings. The van der Waals surface area contributed by atoms with E-state index in [4.69, 9.17) is 4.74 Å². The highest BCUT2D eigenvalue weighted by Gasteiger charge is 2.42. The smallest absolute Gasteiger partial charge is 0.192 e. The molecule has 1 N–H and O–H groups in total. The van der Waals surface area contributed by atoms with Crippen LogP contribution in [-0.4, -0.2) is 18.0 Å². The van der Waals surface area contributed by atoms with Crippen LogP contribution in [0.1, 0.15) is 28.4 Å². The van der Waals surface area contributed by atoms with E-state index in [1.54, 1.807) is 32.2 Å². The highest BCUT2D eigenvalue weighted by molar-refractivity contribution is 6.17. The molecule has 1 aliphatic rings. The van der Waals surface area contributed by atoms with Crippen molar-refractivity contribution in [2.45, 2.75) is 12.5 Å². The summed E-state index contributed by atoms with van der Waals surface area (Å²) < 4.78 is 5.11. The van der Waals surface area contributed by atoms with E-state index in [0.717, 1.165) is 11.3 Å². The highest BCUT2D eigenvalue weighted by atomic mass is 16.5. The molecule has 2 aromatic carbocycles. The van der Waals surface area contributed by atoms with Gasteiger partial charge in [0.2, 0.25) is 0 Å². The fourth-order valence-electron chi connectivity index (χ4n) is 2.69. The first-order valence-corrected chi connectivity index (χ1v) is 6.77. The van der Waals surface area contributed by atoms with Gasteiger partial charge in [-0.3, -0.25) is 4.79 Å². The highest BCUT2D eigenvalue weighted by Crippen LogP contribution is 2.41. The number of aliphatic hydroxyl groups is 1. The summed E-state index contributed by atoms with van der Waals surface area (Å²) in [5, 5.41) is 10.7. The molecule has 0 aromatic heterocycles. The van der Waals surface area contributed by atoms with Crippen LogP contribution in [0.2, 0.25) is 0 Å². The van der Waals surface area contributed by atoms with Crippen LogP contribution in [0, 0.1) is 0 Å². The fraction of sp³-hybridized carbons (Fsp3) is 0.167. The zero-order valence-corrected chi connectivity index (χ0v) is 12.0. The van der Waals surface area contributed by atoms with E-state index >= 15 is 0 Å². The summed E-state index contributed by atoms with van der Waals surface area (Å²) in [5.41, 5.74) is 1.23. The average Bonchev–Trinajstić information content (AvgIpc) is 2.70. The SMILES string of the molecule is COc1ccc(/C=C2\C(=O)c3ccccc3C2(C)O)cc1. The topological polar surface area (TPSA) is 46.5 Å². The molecule has 1 atom stereocenters. The van der Waals surface area contributed by atoms with Gasteiger partial charge in [0.05, 0.1) is 7.11 Å². The molecule has 0 spiro atoms. The zero-order chi connectivity index (χ0) is 15.0. The van der Waals surface area contributed by atoms with Crippen molar-refractivity contribution in [2.24, 2.45) is 0 Å². The van der Waals surface area contributed by atoms with Crippen LogP contribution in [0.5, 0.6) is 5.75 Å². The minimum atomic E-state index is -1.26. The molecule has 0 aliphatic heterocycles. The molecule has 1 unspecified atom stereocenters. The maximum atomic E-state index is 12.5. The largest absolute Gasteiger partial charge is 0.497 e. The second kappa shape index (κ2) is 4.86. The molecule has 0 saturated carbocycles. The number of benzene rings is 2. The lowest BCUT2D eigenvalue weighted by molar-refractivity contribution is 0.0877. The van der Waals surface area contributed by atoms with Crippen molar-refractivity contribution in [2.75, 3.05) is 7.11 Å². The van der Waals surface area contributed by atoms with Crippen molar-refractivity contribution in [1.82, 2.24) is 0 Å². The number of ketones is 1.